The summed E-state index contributed by atoms with van der Waals surface area (Å²) < 4.78 is 7.81. The van der Waals surface area contributed by atoms with Crippen LogP contribution >= 0.6 is 0 Å². The molecule has 0 spiro atoms. The molecule has 1 atom stereocenters. The van der Waals surface area contributed by atoms with Gasteiger partial charge in [-0.05, 0) is 32.0 Å². The SMILES string of the molecule is Cc1cc(CC(C)n2ccnc2-c2ccccc2-c2ccco2)n[nH]1. The van der Waals surface area contributed by atoms with Crippen molar-refractivity contribution in [1.29, 1.82) is 0 Å². The Hall–Kier alpha value is -3.08. The maximum absolute atomic E-state index is 5.61. The number of benzene rings is 1. The first-order chi connectivity index (χ1) is 12.2. The van der Waals surface area contributed by atoms with E-state index < -0.39 is 0 Å². The van der Waals surface area contributed by atoms with E-state index >= 15 is 0 Å². The van der Waals surface area contributed by atoms with Gasteiger partial charge in [-0.25, -0.2) is 4.98 Å². The normalized spacial score (nSPS) is 12.4. The van der Waals surface area contributed by atoms with Gasteiger partial charge in [0.15, 0.2) is 0 Å². The Balaban J connectivity index is 1.71. The van der Waals surface area contributed by atoms with Gasteiger partial charge >= 0.3 is 0 Å². The van der Waals surface area contributed by atoms with E-state index in [2.05, 4.69) is 44.9 Å². The predicted molar refractivity (Wildman–Crippen MR) is 97.1 cm³/mol. The molecule has 0 amide bonds. The first-order valence-electron chi connectivity index (χ1n) is 8.39. The lowest BCUT2D eigenvalue weighted by atomic mass is 10.0. The Morgan fingerprint density at radius 3 is 2.72 bits per heavy atom. The van der Waals surface area contributed by atoms with E-state index in [-0.39, 0.29) is 6.04 Å². The van der Waals surface area contributed by atoms with Crippen LogP contribution in [-0.2, 0) is 6.42 Å². The second-order valence-corrected chi connectivity index (χ2v) is 6.28. The molecule has 3 aromatic heterocycles. The molecule has 0 bridgehead atoms. The van der Waals surface area contributed by atoms with Crippen LogP contribution in [0.4, 0.5) is 0 Å². The maximum Gasteiger partial charge on any atom is 0.140 e. The van der Waals surface area contributed by atoms with Crippen LogP contribution in [0.3, 0.4) is 0 Å². The molecule has 0 aliphatic heterocycles. The first-order valence-corrected chi connectivity index (χ1v) is 8.39. The zero-order valence-electron chi connectivity index (χ0n) is 14.3. The summed E-state index contributed by atoms with van der Waals surface area (Å²) in [4.78, 5) is 4.62. The Morgan fingerprint density at radius 1 is 1.16 bits per heavy atom. The molecule has 1 N–H and O–H groups in total. The molecular weight excluding hydrogens is 312 g/mol. The van der Waals surface area contributed by atoms with E-state index in [1.54, 1.807) is 6.26 Å². The highest BCUT2D eigenvalue weighted by atomic mass is 16.3. The summed E-state index contributed by atoms with van der Waals surface area (Å²) in [5.41, 5.74) is 4.25. The van der Waals surface area contributed by atoms with Gasteiger partial charge in [-0.2, -0.15) is 5.10 Å². The molecule has 0 saturated carbocycles. The van der Waals surface area contributed by atoms with Crippen LogP contribution in [0, 0.1) is 6.92 Å². The minimum Gasteiger partial charge on any atom is -0.464 e. The fraction of sp³-hybridized carbons (Fsp3) is 0.200. The third-order valence-corrected chi connectivity index (χ3v) is 4.36. The number of hydrogen-bond donors (Lipinski definition) is 1. The van der Waals surface area contributed by atoms with Gasteiger partial charge in [0.25, 0.3) is 0 Å². The third kappa shape index (κ3) is 3.01. The van der Waals surface area contributed by atoms with Crippen LogP contribution in [-0.4, -0.2) is 19.7 Å². The van der Waals surface area contributed by atoms with E-state index in [9.17, 15) is 0 Å². The van der Waals surface area contributed by atoms with Gasteiger partial charge in [-0.1, -0.05) is 24.3 Å². The molecule has 1 unspecified atom stereocenters. The highest BCUT2D eigenvalue weighted by molar-refractivity contribution is 5.78. The number of imidazole rings is 1. The predicted octanol–water partition coefficient (Wildman–Crippen LogP) is 4.65. The molecule has 25 heavy (non-hydrogen) atoms. The Labute approximate surface area is 146 Å². The molecule has 4 rings (SSSR count). The van der Waals surface area contributed by atoms with Crippen LogP contribution in [0.1, 0.15) is 24.4 Å². The summed E-state index contributed by atoms with van der Waals surface area (Å²) in [6.07, 6.45) is 6.41. The molecular formula is C20H20N4O. The van der Waals surface area contributed by atoms with E-state index in [4.69, 9.17) is 4.42 Å². The average Bonchev–Trinajstić information content (AvgIpc) is 3.36. The quantitative estimate of drug-likeness (QED) is 0.579. The number of aromatic amines is 1. The van der Waals surface area contributed by atoms with Crippen LogP contribution in [0.5, 0.6) is 0 Å². The molecule has 1 aromatic carbocycles. The number of nitrogens with one attached hydrogen (secondary N) is 1. The summed E-state index contributed by atoms with van der Waals surface area (Å²) in [7, 11) is 0. The van der Waals surface area contributed by atoms with Crippen LogP contribution in [0.15, 0.2) is 65.5 Å². The van der Waals surface area contributed by atoms with Crippen molar-refractivity contribution in [2.45, 2.75) is 26.3 Å². The number of nitrogens with zero attached hydrogens (tertiary/aromatic N) is 3. The first kappa shape index (κ1) is 15.4. The van der Waals surface area contributed by atoms with E-state index in [1.165, 1.54) is 0 Å². The largest absolute Gasteiger partial charge is 0.464 e. The van der Waals surface area contributed by atoms with Crippen molar-refractivity contribution >= 4 is 0 Å². The van der Waals surface area contributed by atoms with Crippen molar-refractivity contribution in [2.24, 2.45) is 0 Å². The number of aromatic nitrogens is 4. The number of hydrogen-bond acceptors (Lipinski definition) is 3. The maximum atomic E-state index is 5.61. The topological polar surface area (TPSA) is 59.6 Å². The van der Waals surface area contributed by atoms with Gasteiger partial charge in [-0.3, -0.25) is 5.10 Å². The van der Waals surface area contributed by atoms with Gasteiger partial charge in [0.2, 0.25) is 0 Å². The lowest BCUT2D eigenvalue weighted by Crippen LogP contribution is -2.09. The van der Waals surface area contributed by atoms with Crippen molar-refractivity contribution in [3.05, 3.63) is 72.5 Å². The zero-order valence-corrected chi connectivity index (χ0v) is 14.3. The monoisotopic (exact) mass is 332 g/mol. The summed E-state index contributed by atoms with van der Waals surface area (Å²) in [6.45, 7) is 4.20. The molecule has 126 valence electrons. The molecule has 0 radical (unpaired) electrons. The van der Waals surface area contributed by atoms with E-state index in [1.807, 2.05) is 43.6 Å². The molecule has 3 heterocycles. The number of H-pyrrole nitrogens is 1. The number of furan rings is 1. The van der Waals surface area contributed by atoms with Crippen molar-refractivity contribution in [1.82, 2.24) is 19.7 Å². The fourth-order valence-corrected chi connectivity index (χ4v) is 3.18. The smallest absolute Gasteiger partial charge is 0.140 e. The Kier molecular flexibility index (Phi) is 3.98. The van der Waals surface area contributed by atoms with Crippen molar-refractivity contribution < 1.29 is 4.42 Å². The highest BCUT2D eigenvalue weighted by Crippen LogP contribution is 2.32. The van der Waals surface area contributed by atoms with E-state index in [0.717, 1.165) is 40.5 Å². The summed E-state index contributed by atoms with van der Waals surface area (Å²) in [5, 5.41) is 7.36. The average molecular weight is 332 g/mol. The molecule has 5 heteroatoms. The van der Waals surface area contributed by atoms with Crippen LogP contribution in [0.2, 0.25) is 0 Å². The van der Waals surface area contributed by atoms with Crippen molar-refractivity contribution in [2.75, 3.05) is 0 Å². The zero-order chi connectivity index (χ0) is 17.2. The van der Waals surface area contributed by atoms with Gasteiger partial charge in [0, 0.05) is 41.7 Å². The minimum absolute atomic E-state index is 0.241. The minimum atomic E-state index is 0.241. The van der Waals surface area contributed by atoms with E-state index in [0.29, 0.717) is 0 Å². The molecule has 4 aromatic rings. The van der Waals surface area contributed by atoms with Crippen LogP contribution in [0.25, 0.3) is 22.7 Å². The second kappa shape index (κ2) is 6.43. The lowest BCUT2D eigenvalue weighted by molar-refractivity contribution is 0.542. The summed E-state index contributed by atoms with van der Waals surface area (Å²) in [6, 6.07) is 14.4. The number of rotatable bonds is 5. The van der Waals surface area contributed by atoms with Crippen molar-refractivity contribution in [3.8, 4) is 22.7 Å². The second-order valence-electron chi connectivity index (χ2n) is 6.28. The summed E-state index contributed by atoms with van der Waals surface area (Å²) >= 11 is 0. The molecule has 0 aliphatic carbocycles. The highest BCUT2D eigenvalue weighted by Gasteiger charge is 2.17. The molecule has 5 nitrogen and oxygen atoms in total. The fourth-order valence-electron chi connectivity index (χ4n) is 3.18. The van der Waals surface area contributed by atoms with Gasteiger partial charge < -0.3 is 8.98 Å². The van der Waals surface area contributed by atoms with Gasteiger partial charge in [0.05, 0.1) is 12.0 Å². The molecule has 0 fully saturated rings. The van der Waals surface area contributed by atoms with Gasteiger partial charge in [0.1, 0.15) is 11.6 Å². The standard InChI is InChI=1S/C20H20N4O/c1-14-12-16(23-22-14)13-15(2)24-10-9-21-20(24)18-7-4-3-6-17(18)19-8-5-11-25-19/h3-12,15H,13H2,1-2H3,(H,22,23). The third-order valence-electron chi connectivity index (χ3n) is 4.36. The number of aryl methyl sites for hydroxylation is 1. The molecule has 0 saturated heterocycles. The lowest BCUT2D eigenvalue weighted by Gasteiger charge is -2.17. The summed E-state index contributed by atoms with van der Waals surface area (Å²) in [5.74, 6) is 1.78. The van der Waals surface area contributed by atoms with Crippen molar-refractivity contribution in [3.63, 3.8) is 0 Å². The van der Waals surface area contributed by atoms with Gasteiger partial charge in [-0.15, -0.1) is 0 Å². The Morgan fingerprint density at radius 2 is 2.00 bits per heavy atom. The van der Waals surface area contributed by atoms with Crippen LogP contribution < -0.4 is 0 Å². The molecule has 0 aliphatic rings. The Bertz CT molecular complexity index is 965.